The van der Waals surface area contributed by atoms with Crippen LogP contribution in [0, 0.1) is 0 Å². The molecule has 0 atom stereocenters. The Morgan fingerprint density at radius 2 is 0.636 bits per heavy atom. The number of rotatable bonds is 3. The molecule has 0 N–H and O–H groups in total. The maximum absolute atomic E-state index is 5.53. The normalized spacial score (nSPS) is 12.2. The first kappa shape index (κ1) is 35.5. The Labute approximate surface area is 378 Å². The maximum Gasteiger partial charge on any atom is 0.220 e. The third-order valence-electron chi connectivity index (χ3n) is 14.1. The minimum Gasteiger partial charge on any atom is -0.309 e. The zero-order valence-electron chi connectivity index (χ0n) is 35.6. The van der Waals surface area contributed by atoms with Crippen LogP contribution in [0.15, 0.2) is 224 Å². The molecule has 15 rings (SSSR count). The van der Waals surface area contributed by atoms with E-state index in [1.165, 1.54) is 77.1 Å². The van der Waals surface area contributed by atoms with Crippen molar-refractivity contribution in [2.45, 2.75) is 0 Å². The van der Waals surface area contributed by atoms with Crippen LogP contribution in [-0.4, -0.2) is 23.1 Å². The molecule has 0 saturated carbocycles. The Bertz CT molecular complexity index is 4250. The summed E-state index contributed by atoms with van der Waals surface area (Å²) in [4.78, 5) is 5.53. The Balaban J connectivity index is 1.12. The Kier molecular flexibility index (Phi) is 7.16. The summed E-state index contributed by atoms with van der Waals surface area (Å²) in [6, 6.07) is 82.3. The number of para-hydroxylation sites is 6. The fourth-order valence-corrected chi connectivity index (χ4v) is 11.4. The van der Waals surface area contributed by atoms with Crippen molar-refractivity contribution in [1.82, 2.24) is 23.1 Å². The molecule has 0 amide bonds. The van der Waals surface area contributed by atoms with E-state index in [-0.39, 0.29) is 0 Å². The number of aromatic nitrogens is 5. The van der Waals surface area contributed by atoms with Crippen LogP contribution in [-0.2, 0) is 0 Å². The predicted octanol–water partition coefficient (Wildman–Crippen LogP) is 15.6. The molecule has 0 aliphatic heterocycles. The van der Waals surface area contributed by atoms with E-state index in [0.29, 0.717) is 0 Å². The summed E-state index contributed by atoms with van der Waals surface area (Å²) in [5, 5.41) is 4.92. The monoisotopic (exact) mass is 839 g/mol. The highest BCUT2D eigenvalue weighted by atomic mass is 15.2. The Morgan fingerprint density at radius 1 is 0.258 bits per heavy atom. The Morgan fingerprint density at radius 3 is 1.12 bits per heavy atom. The molecule has 0 fully saturated rings. The number of hydrogen-bond donors (Lipinski definition) is 0. The molecule has 10 aromatic carbocycles. The van der Waals surface area contributed by atoms with E-state index in [9.17, 15) is 0 Å². The minimum absolute atomic E-state index is 0.859. The van der Waals surface area contributed by atoms with Crippen molar-refractivity contribution in [2.24, 2.45) is 0 Å². The molecule has 5 heteroatoms. The molecule has 4 aromatic heterocycles. The van der Waals surface area contributed by atoms with Crippen molar-refractivity contribution < 1.29 is 0 Å². The van der Waals surface area contributed by atoms with Crippen molar-refractivity contribution in [3.05, 3.63) is 224 Å². The summed E-state index contributed by atoms with van der Waals surface area (Å²) in [7, 11) is 0. The summed E-state index contributed by atoms with van der Waals surface area (Å²) in [6.45, 7) is 0. The van der Waals surface area contributed by atoms with Crippen molar-refractivity contribution in [3.8, 4) is 61.6 Å². The van der Waals surface area contributed by atoms with Gasteiger partial charge in [0.05, 0.1) is 55.5 Å². The highest BCUT2D eigenvalue weighted by Crippen LogP contribution is 2.50. The smallest absolute Gasteiger partial charge is 0.220 e. The molecule has 306 valence electrons. The number of benzene rings is 10. The van der Waals surface area contributed by atoms with E-state index in [1.807, 2.05) is 0 Å². The van der Waals surface area contributed by atoms with Crippen molar-refractivity contribution >= 4 is 71.5 Å². The second-order valence-corrected chi connectivity index (χ2v) is 17.5. The number of imidazole rings is 2. The van der Waals surface area contributed by atoms with E-state index >= 15 is 0 Å². The van der Waals surface area contributed by atoms with Gasteiger partial charge in [0.15, 0.2) is 0 Å². The fraction of sp³-hybridized carbons (Fsp3) is 0. The largest absolute Gasteiger partial charge is 0.309 e. The van der Waals surface area contributed by atoms with Gasteiger partial charge in [-0.2, -0.15) is 0 Å². The topological polar surface area (TPSA) is 32.1 Å². The summed E-state index contributed by atoms with van der Waals surface area (Å²) in [6.07, 6.45) is 0. The predicted molar refractivity (Wildman–Crippen MR) is 274 cm³/mol. The molecular formula is C61H37N5. The summed E-state index contributed by atoms with van der Waals surface area (Å²) in [5.41, 5.74) is 21.7. The summed E-state index contributed by atoms with van der Waals surface area (Å²) >= 11 is 0. The third kappa shape index (κ3) is 4.75. The van der Waals surface area contributed by atoms with Crippen molar-refractivity contribution in [1.29, 1.82) is 0 Å². The quantitative estimate of drug-likeness (QED) is 0.174. The lowest BCUT2D eigenvalue weighted by atomic mass is 9.80. The van der Waals surface area contributed by atoms with Crippen molar-refractivity contribution in [3.63, 3.8) is 0 Å². The third-order valence-corrected chi connectivity index (χ3v) is 14.1. The Hall–Kier alpha value is -8.93. The van der Waals surface area contributed by atoms with Gasteiger partial charge in [0.2, 0.25) is 5.78 Å². The lowest BCUT2D eigenvalue weighted by Crippen LogP contribution is -2.07. The van der Waals surface area contributed by atoms with E-state index in [1.54, 1.807) is 0 Å². The van der Waals surface area contributed by atoms with Gasteiger partial charge in [0, 0.05) is 27.2 Å². The van der Waals surface area contributed by atoms with Gasteiger partial charge in [0.1, 0.15) is 0 Å². The van der Waals surface area contributed by atoms with Gasteiger partial charge < -0.3 is 9.13 Å². The van der Waals surface area contributed by atoms with E-state index < -0.39 is 0 Å². The van der Waals surface area contributed by atoms with Crippen LogP contribution in [0.25, 0.3) is 133 Å². The molecule has 5 nitrogen and oxygen atoms in total. The highest BCUT2D eigenvalue weighted by Gasteiger charge is 2.28. The van der Waals surface area contributed by atoms with Gasteiger partial charge in [0.25, 0.3) is 0 Å². The maximum atomic E-state index is 5.53. The SMILES string of the molecule is c1ccc2c(c1)-c1ccccc1-c1cc(-n3c4ccccc4c4ccccc43)c(-n3c4ccc(-n5c6ccccc6c6ccccc65)cc4n4c5ccccc5nc34)cc1-c1ccccc1-2. The van der Waals surface area contributed by atoms with Gasteiger partial charge in [-0.05, 0) is 111 Å². The van der Waals surface area contributed by atoms with Gasteiger partial charge in [-0.3, -0.25) is 8.97 Å². The molecule has 66 heavy (non-hydrogen) atoms. The van der Waals surface area contributed by atoms with Gasteiger partial charge in [-0.25, -0.2) is 4.98 Å². The standard InChI is InChI=1S/C61H37N5/c1-2-18-40-39(17-1)41-19-3-5-21-43(41)49-36-59(64-54-30-14-9-25-47(54)48-26-10-15-31-55(48)64)60(37-50(49)44-22-6-4-20-42(40)44)66-57-34-33-38(35-58(57)65-56-32-16-11-27-51(56)62-61(65)66)63-52-28-12-7-23-45(52)46-24-8-13-29-53(46)63/h1-37H. The first-order valence-electron chi connectivity index (χ1n) is 22.6. The first-order valence-corrected chi connectivity index (χ1v) is 22.6. The van der Waals surface area contributed by atoms with Crippen LogP contribution >= 0.6 is 0 Å². The summed E-state index contributed by atoms with van der Waals surface area (Å²) < 4.78 is 9.69. The van der Waals surface area contributed by atoms with Gasteiger partial charge in [-0.15, -0.1) is 0 Å². The number of hydrogen-bond acceptors (Lipinski definition) is 1. The zero-order valence-corrected chi connectivity index (χ0v) is 35.6. The number of fused-ring (bicyclic) bond motifs is 19. The molecule has 0 spiro atoms. The zero-order chi connectivity index (χ0) is 43.0. The highest BCUT2D eigenvalue weighted by molar-refractivity contribution is 6.12. The average molecular weight is 840 g/mol. The lowest BCUT2D eigenvalue weighted by molar-refractivity contribution is 1.06. The van der Waals surface area contributed by atoms with E-state index in [0.717, 1.165) is 55.9 Å². The molecular weight excluding hydrogens is 803 g/mol. The van der Waals surface area contributed by atoms with Crippen LogP contribution in [0.5, 0.6) is 0 Å². The van der Waals surface area contributed by atoms with Crippen LogP contribution in [0.4, 0.5) is 0 Å². The molecule has 1 aliphatic rings. The second-order valence-electron chi connectivity index (χ2n) is 17.5. The average Bonchev–Trinajstić information content (AvgIpc) is 4.11. The van der Waals surface area contributed by atoms with E-state index in [2.05, 4.69) is 243 Å². The number of nitrogens with zero attached hydrogens (tertiary/aromatic N) is 5. The molecule has 4 heterocycles. The molecule has 14 aromatic rings. The van der Waals surface area contributed by atoms with Crippen LogP contribution < -0.4 is 0 Å². The molecule has 0 bridgehead atoms. The molecule has 0 unspecified atom stereocenters. The minimum atomic E-state index is 0.859. The lowest BCUT2D eigenvalue weighted by Gasteiger charge is -2.26. The molecule has 0 saturated heterocycles. The van der Waals surface area contributed by atoms with Crippen LogP contribution in [0.3, 0.4) is 0 Å². The van der Waals surface area contributed by atoms with E-state index in [4.69, 9.17) is 4.98 Å². The second kappa shape index (κ2) is 13.3. The fourth-order valence-electron chi connectivity index (χ4n) is 11.4. The van der Waals surface area contributed by atoms with Crippen LogP contribution in [0.2, 0.25) is 0 Å². The molecule has 1 aliphatic carbocycles. The van der Waals surface area contributed by atoms with Crippen molar-refractivity contribution in [2.75, 3.05) is 0 Å². The summed E-state index contributed by atoms with van der Waals surface area (Å²) in [5.74, 6) is 0.859. The molecule has 0 radical (unpaired) electrons. The van der Waals surface area contributed by atoms with Gasteiger partial charge >= 0.3 is 0 Å². The van der Waals surface area contributed by atoms with Gasteiger partial charge in [-0.1, -0.05) is 158 Å². The van der Waals surface area contributed by atoms with Crippen LogP contribution in [0.1, 0.15) is 0 Å². The first-order chi connectivity index (χ1) is 32.8.